The Morgan fingerprint density at radius 1 is 1.61 bits per heavy atom. The lowest BCUT2D eigenvalue weighted by atomic mass is 10.3. The number of hydrogen-bond donors (Lipinski definition) is 2. The summed E-state index contributed by atoms with van der Waals surface area (Å²) >= 11 is 7.19. The highest BCUT2D eigenvalue weighted by Crippen LogP contribution is 2.22. The molecule has 0 bridgehead atoms. The van der Waals surface area contributed by atoms with E-state index in [1.807, 2.05) is 6.07 Å². The first-order valence-electron chi connectivity index (χ1n) is 5.12. The van der Waals surface area contributed by atoms with Crippen molar-refractivity contribution in [2.24, 2.45) is 0 Å². The molecule has 0 aliphatic heterocycles. The van der Waals surface area contributed by atoms with Crippen molar-refractivity contribution in [1.82, 2.24) is 25.9 Å². The van der Waals surface area contributed by atoms with E-state index in [9.17, 15) is 4.79 Å². The second-order valence-electron chi connectivity index (χ2n) is 3.48. The Bertz CT molecular complexity index is 550. The molecule has 0 saturated carbocycles. The molecular weight excluding hydrogens is 274 g/mol. The van der Waals surface area contributed by atoms with Crippen LogP contribution in [0.4, 0.5) is 0 Å². The summed E-state index contributed by atoms with van der Waals surface area (Å²) in [6.07, 6.45) is 3.15. The van der Waals surface area contributed by atoms with Crippen LogP contribution < -0.4 is 5.32 Å². The largest absolute Gasteiger partial charge is 0.343 e. The van der Waals surface area contributed by atoms with Crippen molar-refractivity contribution in [1.29, 1.82) is 0 Å². The fourth-order valence-corrected chi connectivity index (χ4v) is 2.22. The Hall–Kier alpha value is -1.73. The van der Waals surface area contributed by atoms with Gasteiger partial charge in [-0.2, -0.15) is 5.21 Å². The van der Waals surface area contributed by atoms with E-state index in [1.54, 1.807) is 19.1 Å². The van der Waals surface area contributed by atoms with Crippen molar-refractivity contribution in [3.05, 3.63) is 33.2 Å². The zero-order valence-corrected chi connectivity index (χ0v) is 11.0. The van der Waals surface area contributed by atoms with Crippen LogP contribution in [0.5, 0.6) is 0 Å². The molecule has 2 rings (SSSR count). The fraction of sp³-hybridized carbons (Fsp3) is 0.200. The monoisotopic (exact) mass is 283 g/mol. The lowest BCUT2D eigenvalue weighted by Crippen LogP contribution is -2.25. The highest BCUT2D eigenvalue weighted by atomic mass is 35.5. The summed E-state index contributed by atoms with van der Waals surface area (Å²) in [7, 11) is 0. The fourth-order valence-electron chi connectivity index (χ4n) is 1.25. The first-order valence-corrected chi connectivity index (χ1v) is 6.32. The first-order chi connectivity index (χ1) is 8.65. The van der Waals surface area contributed by atoms with Gasteiger partial charge in [-0.1, -0.05) is 16.8 Å². The maximum absolute atomic E-state index is 11.6. The molecule has 0 radical (unpaired) electrons. The van der Waals surface area contributed by atoms with E-state index in [4.69, 9.17) is 11.6 Å². The van der Waals surface area contributed by atoms with Gasteiger partial charge in [0.25, 0.3) is 0 Å². The summed E-state index contributed by atoms with van der Waals surface area (Å²) in [5, 5.41) is 16.1. The number of halogens is 1. The number of aromatic nitrogens is 4. The van der Waals surface area contributed by atoms with Gasteiger partial charge in [0.2, 0.25) is 5.91 Å². The Morgan fingerprint density at radius 2 is 2.44 bits per heavy atom. The van der Waals surface area contributed by atoms with Gasteiger partial charge in [0.1, 0.15) is 0 Å². The van der Waals surface area contributed by atoms with Crippen LogP contribution in [0.3, 0.4) is 0 Å². The van der Waals surface area contributed by atoms with Crippen LogP contribution in [-0.4, -0.2) is 26.5 Å². The number of tetrazole rings is 1. The molecule has 0 saturated heterocycles. The van der Waals surface area contributed by atoms with E-state index in [-0.39, 0.29) is 11.9 Å². The van der Waals surface area contributed by atoms with Gasteiger partial charge in [0.05, 0.1) is 10.4 Å². The van der Waals surface area contributed by atoms with E-state index in [1.165, 1.54) is 17.4 Å². The molecule has 2 aromatic heterocycles. The van der Waals surface area contributed by atoms with Crippen LogP contribution in [0.25, 0.3) is 6.08 Å². The molecule has 6 nitrogen and oxygen atoms in total. The average molecular weight is 284 g/mol. The average Bonchev–Trinajstić information content (AvgIpc) is 2.97. The number of rotatable bonds is 4. The van der Waals surface area contributed by atoms with Gasteiger partial charge in [0, 0.05) is 11.0 Å². The number of nitrogens with zero attached hydrogens (tertiary/aromatic N) is 3. The van der Waals surface area contributed by atoms with Crippen molar-refractivity contribution in [3.8, 4) is 0 Å². The molecule has 94 valence electrons. The lowest BCUT2D eigenvalue weighted by molar-refractivity contribution is -0.117. The third-order valence-corrected chi connectivity index (χ3v) is 3.30. The van der Waals surface area contributed by atoms with Crippen molar-refractivity contribution in [2.45, 2.75) is 13.0 Å². The third-order valence-electron chi connectivity index (χ3n) is 2.10. The minimum Gasteiger partial charge on any atom is -0.343 e. The smallest absolute Gasteiger partial charge is 0.244 e. The van der Waals surface area contributed by atoms with Crippen molar-refractivity contribution in [2.75, 3.05) is 0 Å². The number of thiophene rings is 1. The summed E-state index contributed by atoms with van der Waals surface area (Å²) in [6, 6.07) is 3.33. The van der Waals surface area contributed by atoms with Crippen LogP contribution in [0.2, 0.25) is 4.34 Å². The normalized spacial score (nSPS) is 12.8. The second kappa shape index (κ2) is 5.74. The summed E-state index contributed by atoms with van der Waals surface area (Å²) in [4.78, 5) is 12.5. The Kier molecular flexibility index (Phi) is 4.06. The SMILES string of the molecule is CC(NC(=O)C=Cc1ccc(Cl)s1)c1nn[nH]n1. The Balaban J connectivity index is 1.91. The van der Waals surface area contributed by atoms with Crippen LogP contribution >= 0.6 is 22.9 Å². The number of aromatic amines is 1. The number of H-pyrrole nitrogens is 1. The quantitative estimate of drug-likeness (QED) is 0.838. The second-order valence-corrected chi connectivity index (χ2v) is 5.22. The molecule has 0 aliphatic rings. The zero-order chi connectivity index (χ0) is 13.0. The first kappa shape index (κ1) is 12.7. The summed E-state index contributed by atoms with van der Waals surface area (Å²) in [5.74, 6) is 0.216. The zero-order valence-electron chi connectivity index (χ0n) is 9.42. The van der Waals surface area contributed by atoms with Crippen LogP contribution in [0.15, 0.2) is 18.2 Å². The molecular formula is C10H10ClN5OS. The molecule has 0 aromatic carbocycles. The minimum absolute atomic E-state index is 0.225. The minimum atomic E-state index is -0.298. The summed E-state index contributed by atoms with van der Waals surface area (Å²) in [6.45, 7) is 1.78. The molecule has 1 unspecified atom stereocenters. The highest BCUT2D eigenvalue weighted by molar-refractivity contribution is 7.17. The van der Waals surface area contributed by atoms with Crippen molar-refractivity contribution >= 4 is 34.9 Å². The lowest BCUT2D eigenvalue weighted by Gasteiger charge is -2.06. The molecule has 0 spiro atoms. The molecule has 18 heavy (non-hydrogen) atoms. The molecule has 1 atom stereocenters. The summed E-state index contributed by atoms with van der Waals surface area (Å²) in [5.41, 5.74) is 0. The van der Waals surface area contributed by atoms with Crippen LogP contribution in [-0.2, 0) is 4.79 Å². The third kappa shape index (κ3) is 3.38. The summed E-state index contributed by atoms with van der Waals surface area (Å²) < 4.78 is 0.690. The molecule has 2 aromatic rings. The van der Waals surface area contributed by atoms with E-state index < -0.39 is 0 Å². The molecule has 8 heteroatoms. The van der Waals surface area contributed by atoms with Crippen molar-refractivity contribution in [3.63, 3.8) is 0 Å². The van der Waals surface area contributed by atoms with E-state index in [0.29, 0.717) is 10.2 Å². The van der Waals surface area contributed by atoms with Gasteiger partial charge >= 0.3 is 0 Å². The van der Waals surface area contributed by atoms with Crippen LogP contribution in [0.1, 0.15) is 23.7 Å². The Morgan fingerprint density at radius 3 is 3.06 bits per heavy atom. The molecule has 0 fully saturated rings. The number of carbonyl (C=O) groups is 1. The molecule has 2 heterocycles. The van der Waals surface area contributed by atoms with Gasteiger partial charge < -0.3 is 5.32 Å². The molecule has 2 N–H and O–H groups in total. The van der Waals surface area contributed by atoms with E-state index in [0.717, 1.165) is 4.88 Å². The predicted molar refractivity (Wildman–Crippen MR) is 69.1 cm³/mol. The van der Waals surface area contributed by atoms with Gasteiger partial charge in [-0.05, 0) is 25.1 Å². The maximum atomic E-state index is 11.6. The molecule has 1 amide bonds. The van der Waals surface area contributed by atoms with Crippen molar-refractivity contribution < 1.29 is 4.79 Å². The van der Waals surface area contributed by atoms with Gasteiger partial charge in [-0.3, -0.25) is 4.79 Å². The number of hydrogen-bond acceptors (Lipinski definition) is 5. The number of carbonyl (C=O) groups excluding carboxylic acids is 1. The number of amides is 1. The van der Waals surface area contributed by atoms with Gasteiger partial charge in [-0.25, -0.2) is 0 Å². The standard InChI is InChI=1S/C10H10ClN5OS/c1-6(10-13-15-16-14-10)12-9(17)5-3-7-2-4-8(11)18-7/h2-6H,1H3,(H,12,17)(H,13,14,15,16). The van der Waals surface area contributed by atoms with Gasteiger partial charge in [0.15, 0.2) is 5.82 Å². The Labute approximate surface area is 112 Å². The maximum Gasteiger partial charge on any atom is 0.244 e. The highest BCUT2D eigenvalue weighted by Gasteiger charge is 2.11. The topological polar surface area (TPSA) is 83.6 Å². The number of nitrogens with one attached hydrogen (secondary N) is 2. The van der Waals surface area contributed by atoms with Crippen LogP contribution in [0, 0.1) is 0 Å². The van der Waals surface area contributed by atoms with Gasteiger partial charge in [-0.15, -0.1) is 21.5 Å². The van der Waals surface area contributed by atoms with E-state index in [2.05, 4.69) is 25.9 Å². The van der Waals surface area contributed by atoms with E-state index >= 15 is 0 Å². The predicted octanol–water partition coefficient (Wildman–Crippen LogP) is 1.81. The molecule has 0 aliphatic carbocycles.